The van der Waals surface area contributed by atoms with Gasteiger partial charge in [-0.1, -0.05) is 0 Å². The molecule has 0 aromatic carbocycles. The van der Waals surface area contributed by atoms with Crippen molar-refractivity contribution in [1.82, 2.24) is 14.6 Å². The summed E-state index contributed by atoms with van der Waals surface area (Å²) in [6.07, 6.45) is -0.974. The molecule has 2 rings (SSSR count). The van der Waals surface area contributed by atoms with Crippen molar-refractivity contribution in [3.05, 3.63) is 28.1 Å². The Bertz CT molecular complexity index is 515. The van der Waals surface area contributed by atoms with Crippen LogP contribution in [0.4, 0.5) is 8.78 Å². The minimum Gasteiger partial charge on any atom is -0.380 e. The zero-order chi connectivity index (χ0) is 11.7. The average molecular weight is 292 g/mol. The smallest absolute Gasteiger partial charge is 0.267 e. The second kappa shape index (κ2) is 4.42. The van der Waals surface area contributed by atoms with Crippen LogP contribution >= 0.6 is 15.9 Å². The molecule has 16 heavy (non-hydrogen) atoms. The standard InChI is InChI=1S/C9H8BrF2N3O/c1-16-4-5-2-6(7(11)12)8-13-9(10)14-15(8)3-5/h2-3,7H,4H2,1H3. The Labute approximate surface area is 98.4 Å². The summed E-state index contributed by atoms with van der Waals surface area (Å²) < 4.78 is 32.1. The average Bonchev–Trinajstić information content (AvgIpc) is 2.57. The van der Waals surface area contributed by atoms with Crippen molar-refractivity contribution in [2.24, 2.45) is 0 Å². The number of fused-ring (bicyclic) bond motifs is 1. The molecule has 2 aromatic heterocycles. The van der Waals surface area contributed by atoms with Gasteiger partial charge in [-0.3, -0.25) is 0 Å². The highest BCUT2D eigenvalue weighted by molar-refractivity contribution is 9.10. The first-order chi connectivity index (χ1) is 7.61. The first kappa shape index (κ1) is 11.4. The van der Waals surface area contributed by atoms with Crippen LogP contribution in [-0.2, 0) is 11.3 Å². The summed E-state index contributed by atoms with van der Waals surface area (Å²) in [6, 6.07) is 1.38. The van der Waals surface area contributed by atoms with Gasteiger partial charge in [0.25, 0.3) is 6.43 Å². The minimum absolute atomic E-state index is 0.146. The number of ether oxygens (including phenoxy) is 1. The van der Waals surface area contributed by atoms with Crippen LogP contribution in [-0.4, -0.2) is 21.7 Å². The zero-order valence-corrected chi connectivity index (χ0v) is 9.91. The molecule has 0 bridgehead atoms. The predicted molar refractivity (Wildman–Crippen MR) is 56.4 cm³/mol. The second-order valence-electron chi connectivity index (χ2n) is 3.19. The third-order valence-electron chi connectivity index (χ3n) is 2.04. The number of halogens is 3. The van der Waals surface area contributed by atoms with Crippen molar-refractivity contribution in [2.75, 3.05) is 7.11 Å². The van der Waals surface area contributed by atoms with Gasteiger partial charge in [0, 0.05) is 13.3 Å². The van der Waals surface area contributed by atoms with Gasteiger partial charge >= 0.3 is 0 Å². The maximum atomic E-state index is 12.8. The topological polar surface area (TPSA) is 39.4 Å². The third kappa shape index (κ3) is 2.05. The molecule has 0 amide bonds. The normalized spacial score (nSPS) is 11.6. The van der Waals surface area contributed by atoms with E-state index in [1.807, 2.05) is 0 Å². The quantitative estimate of drug-likeness (QED) is 0.873. The lowest BCUT2D eigenvalue weighted by molar-refractivity contribution is 0.151. The first-order valence-corrected chi connectivity index (χ1v) is 5.23. The van der Waals surface area contributed by atoms with Crippen LogP contribution < -0.4 is 0 Å². The molecule has 0 aliphatic heterocycles. The minimum atomic E-state index is -2.59. The van der Waals surface area contributed by atoms with Gasteiger partial charge in [-0.05, 0) is 27.6 Å². The molecule has 2 aromatic rings. The van der Waals surface area contributed by atoms with E-state index in [-0.39, 0.29) is 22.6 Å². The highest BCUT2D eigenvalue weighted by atomic mass is 79.9. The molecule has 2 heterocycles. The lowest BCUT2D eigenvalue weighted by Gasteiger charge is -2.05. The number of hydrogen-bond acceptors (Lipinski definition) is 3. The van der Waals surface area contributed by atoms with E-state index >= 15 is 0 Å². The Morgan fingerprint density at radius 2 is 2.31 bits per heavy atom. The van der Waals surface area contributed by atoms with E-state index < -0.39 is 6.43 Å². The molecule has 7 heteroatoms. The molecule has 86 valence electrons. The predicted octanol–water partition coefficient (Wildman–Crippen LogP) is 2.58. The summed E-state index contributed by atoms with van der Waals surface area (Å²) in [5.41, 5.74) is 0.636. The van der Waals surface area contributed by atoms with Crippen LogP contribution in [0.3, 0.4) is 0 Å². The lowest BCUT2D eigenvalue weighted by atomic mass is 10.2. The van der Waals surface area contributed by atoms with Gasteiger partial charge in [0.2, 0.25) is 4.73 Å². The number of rotatable bonds is 3. The molecule has 0 atom stereocenters. The zero-order valence-electron chi connectivity index (χ0n) is 8.32. The summed E-state index contributed by atoms with van der Waals surface area (Å²) in [5.74, 6) is 0. The monoisotopic (exact) mass is 291 g/mol. The maximum Gasteiger partial charge on any atom is 0.267 e. The van der Waals surface area contributed by atoms with Crippen LogP contribution in [0.25, 0.3) is 5.65 Å². The number of hydrogen-bond donors (Lipinski definition) is 0. The van der Waals surface area contributed by atoms with E-state index in [1.165, 1.54) is 17.7 Å². The lowest BCUT2D eigenvalue weighted by Crippen LogP contribution is -1.99. The van der Waals surface area contributed by atoms with Gasteiger partial charge in [-0.25, -0.2) is 18.3 Å². The molecular formula is C9H8BrF2N3O. The largest absolute Gasteiger partial charge is 0.380 e. The summed E-state index contributed by atoms with van der Waals surface area (Å²) in [4.78, 5) is 3.88. The molecule has 0 radical (unpaired) electrons. The van der Waals surface area contributed by atoms with E-state index in [0.717, 1.165) is 0 Å². The molecule has 4 nitrogen and oxygen atoms in total. The number of methoxy groups -OCH3 is 1. The van der Waals surface area contributed by atoms with E-state index in [4.69, 9.17) is 4.74 Å². The number of pyridine rings is 1. The highest BCUT2D eigenvalue weighted by Crippen LogP contribution is 2.25. The van der Waals surface area contributed by atoms with Gasteiger partial charge < -0.3 is 4.74 Å². The van der Waals surface area contributed by atoms with Crippen LogP contribution in [0.1, 0.15) is 17.6 Å². The van der Waals surface area contributed by atoms with Gasteiger partial charge in [0.05, 0.1) is 12.2 Å². The summed E-state index contributed by atoms with van der Waals surface area (Å²) in [7, 11) is 1.50. The summed E-state index contributed by atoms with van der Waals surface area (Å²) in [6.45, 7) is 0.257. The summed E-state index contributed by atoms with van der Waals surface area (Å²) >= 11 is 3.05. The molecule has 0 aliphatic rings. The van der Waals surface area contributed by atoms with Crippen molar-refractivity contribution in [1.29, 1.82) is 0 Å². The fourth-order valence-corrected chi connectivity index (χ4v) is 1.79. The Kier molecular flexibility index (Phi) is 3.15. The number of alkyl halides is 2. The molecule has 0 N–H and O–H groups in total. The van der Waals surface area contributed by atoms with Crippen molar-refractivity contribution in [3.63, 3.8) is 0 Å². The molecule has 0 saturated carbocycles. The Morgan fingerprint density at radius 1 is 1.56 bits per heavy atom. The van der Waals surface area contributed by atoms with Gasteiger partial charge in [0.1, 0.15) is 0 Å². The van der Waals surface area contributed by atoms with E-state index in [2.05, 4.69) is 26.0 Å². The van der Waals surface area contributed by atoms with Crippen molar-refractivity contribution >= 4 is 21.6 Å². The van der Waals surface area contributed by atoms with Crippen molar-refractivity contribution in [2.45, 2.75) is 13.0 Å². The molecule has 0 saturated heterocycles. The van der Waals surface area contributed by atoms with Gasteiger partial charge in [-0.2, -0.15) is 0 Å². The number of nitrogens with zero attached hydrogens (tertiary/aromatic N) is 3. The highest BCUT2D eigenvalue weighted by Gasteiger charge is 2.16. The Morgan fingerprint density at radius 3 is 2.94 bits per heavy atom. The molecule has 0 spiro atoms. The molecule has 0 unspecified atom stereocenters. The molecule has 0 fully saturated rings. The SMILES string of the molecule is COCc1cc(C(F)F)c2nc(Br)nn2c1. The second-order valence-corrected chi connectivity index (χ2v) is 3.90. The van der Waals surface area contributed by atoms with Crippen LogP contribution in [0, 0.1) is 0 Å². The van der Waals surface area contributed by atoms with E-state index in [1.54, 1.807) is 6.20 Å². The molecular weight excluding hydrogens is 284 g/mol. The van der Waals surface area contributed by atoms with Crippen LogP contribution in [0.2, 0.25) is 0 Å². The fraction of sp³-hybridized carbons (Fsp3) is 0.333. The molecule has 0 aliphatic carbocycles. The van der Waals surface area contributed by atoms with Crippen LogP contribution in [0.5, 0.6) is 0 Å². The van der Waals surface area contributed by atoms with E-state index in [9.17, 15) is 8.78 Å². The maximum absolute atomic E-state index is 12.8. The fourth-order valence-electron chi connectivity index (χ4n) is 1.45. The Hall–Kier alpha value is -1.08. The van der Waals surface area contributed by atoms with Gasteiger partial charge in [0.15, 0.2) is 5.65 Å². The third-order valence-corrected chi connectivity index (χ3v) is 2.37. The van der Waals surface area contributed by atoms with Gasteiger partial charge in [-0.15, -0.1) is 5.10 Å². The Balaban J connectivity index is 2.63. The first-order valence-electron chi connectivity index (χ1n) is 4.43. The van der Waals surface area contributed by atoms with E-state index in [0.29, 0.717) is 5.56 Å². The summed E-state index contributed by atoms with van der Waals surface area (Å²) in [5, 5.41) is 3.93. The number of aromatic nitrogens is 3. The van der Waals surface area contributed by atoms with Crippen LogP contribution in [0.15, 0.2) is 17.0 Å². The van der Waals surface area contributed by atoms with Crippen molar-refractivity contribution < 1.29 is 13.5 Å². The van der Waals surface area contributed by atoms with Crippen molar-refractivity contribution in [3.8, 4) is 0 Å².